The third-order valence-corrected chi connectivity index (χ3v) is 6.28. The van der Waals surface area contributed by atoms with Crippen LogP contribution in [-0.4, -0.2) is 48.3 Å². The summed E-state index contributed by atoms with van der Waals surface area (Å²) in [5.41, 5.74) is 0.0910. The van der Waals surface area contributed by atoms with Crippen molar-refractivity contribution in [2.24, 2.45) is 7.05 Å². The summed E-state index contributed by atoms with van der Waals surface area (Å²) in [4.78, 5) is 36.1. The van der Waals surface area contributed by atoms with Gasteiger partial charge in [-0.15, -0.1) is 0 Å². The van der Waals surface area contributed by atoms with Crippen LogP contribution in [0, 0.1) is 0 Å². The first-order valence-electron chi connectivity index (χ1n) is 10.0. The minimum absolute atomic E-state index is 0.205. The number of amides is 1. The number of carboxylic acid groups (broad SMARTS) is 1. The molecular weight excluding hydrogens is 450 g/mol. The van der Waals surface area contributed by atoms with Gasteiger partial charge < -0.3 is 19.7 Å². The van der Waals surface area contributed by atoms with Crippen molar-refractivity contribution < 1.29 is 27.9 Å². The van der Waals surface area contributed by atoms with Gasteiger partial charge in [-0.2, -0.15) is 0 Å². The number of aromatic nitrogens is 1. The van der Waals surface area contributed by atoms with E-state index in [1.807, 2.05) is 0 Å². The molecule has 1 amide bonds. The van der Waals surface area contributed by atoms with Crippen LogP contribution in [0.3, 0.4) is 0 Å². The molecule has 0 aliphatic heterocycles. The van der Waals surface area contributed by atoms with Crippen LogP contribution >= 0.6 is 0 Å². The second kappa shape index (κ2) is 8.83. The monoisotopic (exact) mass is 475 g/mol. The molecule has 33 heavy (non-hydrogen) atoms. The van der Waals surface area contributed by atoms with Crippen LogP contribution in [0.4, 0.5) is 4.79 Å². The number of benzene rings is 2. The van der Waals surface area contributed by atoms with E-state index >= 15 is 0 Å². The summed E-state index contributed by atoms with van der Waals surface area (Å²) in [5.74, 6) is -1.44. The van der Waals surface area contributed by atoms with Crippen molar-refractivity contribution in [1.82, 2.24) is 14.6 Å². The normalized spacial score (nSPS) is 13.1. The zero-order valence-electron chi connectivity index (χ0n) is 18.6. The number of fused-ring (bicyclic) bond motifs is 2. The van der Waals surface area contributed by atoms with E-state index in [1.54, 1.807) is 56.7 Å². The summed E-state index contributed by atoms with van der Waals surface area (Å²) >= 11 is 0. The fraction of sp³-hybridized carbons (Fsp3) is 0.318. The summed E-state index contributed by atoms with van der Waals surface area (Å²) in [6.45, 7) is 4.21. The van der Waals surface area contributed by atoms with Crippen molar-refractivity contribution in [3.8, 4) is 0 Å². The number of ether oxygens (including phenoxy) is 1. The van der Waals surface area contributed by atoms with Crippen molar-refractivity contribution in [2.45, 2.75) is 37.3 Å². The molecule has 3 rings (SSSR count). The Morgan fingerprint density at radius 2 is 1.73 bits per heavy atom. The summed E-state index contributed by atoms with van der Waals surface area (Å²) in [7, 11) is -2.41. The van der Waals surface area contributed by atoms with E-state index in [4.69, 9.17) is 4.74 Å². The Morgan fingerprint density at radius 1 is 1.09 bits per heavy atom. The Kier molecular flexibility index (Phi) is 6.48. The smallest absolute Gasteiger partial charge is 0.408 e. The van der Waals surface area contributed by atoms with Crippen LogP contribution in [0.5, 0.6) is 0 Å². The lowest BCUT2D eigenvalue weighted by Crippen LogP contribution is -2.49. The molecule has 0 aliphatic rings. The molecule has 1 aromatic heterocycles. The third-order valence-electron chi connectivity index (χ3n) is 4.86. The molecule has 10 nitrogen and oxygen atoms in total. The number of carbonyl (C=O) groups is 2. The van der Waals surface area contributed by atoms with Crippen LogP contribution in [0.1, 0.15) is 20.8 Å². The number of hydrogen-bond acceptors (Lipinski definition) is 6. The van der Waals surface area contributed by atoms with Gasteiger partial charge in [0.15, 0.2) is 5.43 Å². The molecule has 11 heteroatoms. The van der Waals surface area contributed by atoms with Crippen LogP contribution in [0.15, 0.2) is 52.2 Å². The lowest BCUT2D eigenvalue weighted by atomic mass is 10.1. The molecule has 0 saturated carbocycles. The number of carboxylic acids is 1. The van der Waals surface area contributed by atoms with Crippen LogP contribution in [0.25, 0.3) is 21.8 Å². The lowest BCUT2D eigenvalue weighted by Gasteiger charge is -2.22. The number of hydrogen-bond donors (Lipinski definition) is 3. The fourth-order valence-corrected chi connectivity index (χ4v) is 4.39. The molecule has 0 bridgehead atoms. The molecule has 176 valence electrons. The Morgan fingerprint density at radius 3 is 2.36 bits per heavy atom. The van der Waals surface area contributed by atoms with Gasteiger partial charge in [0.05, 0.1) is 15.9 Å². The molecular formula is C22H25N3O7S. The van der Waals surface area contributed by atoms with E-state index in [-0.39, 0.29) is 15.7 Å². The molecule has 3 aromatic rings. The van der Waals surface area contributed by atoms with Gasteiger partial charge in [-0.3, -0.25) is 4.79 Å². The fourth-order valence-electron chi connectivity index (χ4n) is 3.32. The maximum absolute atomic E-state index is 12.9. The molecule has 1 heterocycles. The van der Waals surface area contributed by atoms with Crippen LogP contribution in [0.2, 0.25) is 0 Å². The predicted molar refractivity (Wildman–Crippen MR) is 123 cm³/mol. The van der Waals surface area contributed by atoms with Crippen LogP contribution in [-0.2, 0) is 26.6 Å². The summed E-state index contributed by atoms with van der Waals surface area (Å²) < 4.78 is 34.6. The predicted octanol–water partition coefficient (Wildman–Crippen LogP) is 1.95. The first-order valence-corrected chi connectivity index (χ1v) is 11.5. The number of nitrogens with one attached hydrogen (secondary N) is 2. The number of para-hydroxylation sites is 1. The van der Waals surface area contributed by atoms with Gasteiger partial charge in [-0.25, -0.2) is 22.7 Å². The Balaban J connectivity index is 1.89. The van der Waals surface area contributed by atoms with Gasteiger partial charge >= 0.3 is 12.1 Å². The maximum Gasteiger partial charge on any atom is 0.408 e. The van der Waals surface area contributed by atoms with E-state index in [2.05, 4.69) is 10.0 Å². The van der Waals surface area contributed by atoms with E-state index in [0.29, 0.717) is 16.4 Å². The van der Waals surface area contributed by atoms with Crippen molar-refractivity contribution in [1.29, 1.82) is 0 Å². The molecule has 0 saturated heterocycles. The average Bonchev–Trinajstić information content (AvgIpc) is 2.73. The number of alkyl carbamates (subject to hydrolysis) is 1. The quantitative estimate of drug-likeness (QED) is 0.462. The highest BCUT2D eigenvalue weighted by Crippen LogP contribution is 2.21. The lowest BCUT2D eigenvalue weighted by molar-refractivity contribution is -0.139. The molecule has 3 N–H and O–H groups in total. The number of rotatable bonds is 6. The number of nitrogens with zero attached hydrogens (tertiary/aromatic N) is 1. The molecule has 0 radical (unpaired) electrons. The highest BCUT2D eigenvalue weighted by molar-refractivity contribution is 7.89. The second-order valence-corrected chi connectivity index (χ2v) is 10.2. The number of sulfonamides is 1. The van der Waals surface area contributed by atoms with Crippen LogP contribution < -0.4 is 15.5 Å². The second-order valence-electron chi connectivity index (χ2n) is 8.47. The third kappa shape index (κ3) is 5.32. The first kappa shape index (κ1) is 24.2. The summed E-state index contributed by atoms with van der Waals surface area (Å²) in [5, 5.41) is 12.1. The first-order chi connectivity index (χ1) is 15.3. The minimum atomic E-state index is -4.19. The van der Waals surface area contributed by atoms with Gasteiger partial charge in [-0.05, 0) is 51.1 Å². The average molecular weight is 476 g/mol. The van der Waals surface area contributed by atoms with Crippen molar-refractivity contribution >= 4 is 43.9 Å². The topological polar surface area (TPSA) is 144 Å². The van der Waals surface area contributed by atoms with Crippen molar-refractivity contribution in [2.75, 3.05) is 6.54 Å². The Hall–Kier alpha value is -3.44. The standard InChI is InChI=1S/C22H25N3O7S/c1-22(2,3)32-21(29)24-16(20(27)28)12-23-33(30,31)13-9-10-18-15(11-13)19(26)14-7-5-6-8-17(14)25(18)4/h5-11,16,23H,12H2,1-4H3,(H,24,29)(H,27,28). The Bertz CT molecular complexity index is 1410. The molecule has 0 aliphatic carbocycles. The van der Waals surface area contributed by atoms with Gasteiger partial charge in [0, 0.05) is 24.4 Å². The van der Waals surface area contributed by atoms with E-state index < -0.39 is 40.3 Å². The minimum Gasteiger partial charge on any atom is -0.480 e. The Labute approximate surface area is 190 Å². The number of pyridine rings is 1. The number of aryl methyl sites for hydroxylation is 1. The number of aliphatic carboxylic acids is 1. The molecule has 2 aromatic carbocycles. The van der Waals surface area contributed by atoms with Gasteiger partial charge in [-0.1, -0.05) is 12.1 Å². The zero-order chi connectivity index (χ0) is 24.6. The van der Waals surface area contributed by atoms with Gasteiger partial charge in [0.2, 0.25) is 10.0 Å². The maximum atomic E-state index is 12.9. The van der Waals surface area contributed by atoms with E-state index in [1.165, 1.54) is 18.2 Å². The van der Waals surface area contributed by atoms with Gasteiger partial charge in [0.1, 0.15) is 11.6 Å². The van der Waals surface area contributed by atoms with Crippen molar-refractivity contribution in [3.05, 3.63) is 52.7 Å². The summed E-state index contributed by atoms with van der Waals surface area (Å²) in [6, 6.07) is 9.53. The largest absolute Gasteiger partial charge is 0.480 e. The zero-order valence-corrected chi connectivity index (χ0v) is 19.4. The van der Waals surface area contributed by atoms with E-state index in [0.717, 1.165) is 0 Å². The molecule has 0 fully saturated rings. The molecule has 1 atom stereocenters. The number of carbonyl (C=O) groups excluding carboxylic acids is 1. The molecule has 0 spiro atoms. The molecule has 1 unspecified atom stereocenters. The summed E-state index contributed by atoms with van der Waals surface area (Å²) in [6.07, 6.45) is -0.991. The van der Waals surface area contributed by atoms with E-state index in [9.17, 15) is 27.9 Å². The van der Waals surface area contributed by atoms with Gasteiger partial charge in [0.25, 0.3) is 0 Å². The van der Waals surface area contributed by atoms with Crippen molar-refractivity contribution in [3.63, 3.8) is 0 Å². The highest BCUT2D eigenvalue weighted by atomic mass is 32.2. The SMILES string of the molecule is Cn1c2ccccc2c(=O)c2cc(S(=O)(=O)NCC(NC(=O)OC(C)(C)C)C(=O)O)ccc21. The highest BCUT2D eigenvalue weighted by Gasteiger charge is 2.26.